The second kappa shape index (κ2) is 6.21. The molecule has 2 bridgehead atoms. The van der Waals surface area contributed by atoms with Crippen molar-refractivity contribution in [3.8, 4) is 0 Å². The molecule has 9 heteroatoms. The topological polar surface area (TPSA) is 103 Å². The van der Waals surface area contributed by atoms with Gasteiger partial charge in [0, 0.05) is 47.3 Å². The van der Waals surface area contributed by atoms with Crippen LogP contribution in [0.2, 0.25) is 0 Å². The monoisotopic (exact) mass is 417 g/mol. The molecule has 0 aromatic carbocycles. The van der Waals surface area contributed by atoms with Gasteiger partial charge in [-0.15, -0.1) is 0 Å². The SMILES string of the molecule is COC1=C(C)C(=O)C2=C(C1=O)[C@@H](CO)N1[C@H]3[C@@H]4[C@@H](C[C@H]([C@H]1O)N4C)[C@@H]1OCCN1[C@@H]23. The lowest BCUT2D eigenvalue weighted by molar-refractivity contribution is -0.187. The highest BCUT2D eigenvalue weighted by molar-refractivity contribution is 6.25. The number of allylic oxidation sites excluding steroid dienone is 2. The minimum atomic E-state index is -0.837. The summed E-state index contributed by atoms with van der Waals surface area (Å²) >= 11 is 0. The van der Waals surface area contributed by atoms with Crippen LogP contribution in [0.4, 0.5) is 0 Å². The molecule has 162 valence electrons. The van der Waals surface area contributed by atoms with Crippen molar-refractivity contribution in [2.75, 3.05) is 33.9 Å². The van der Waals surface area contributed by atoms with Crippen LogP contribution in [0.15, 0.2) is 22.5 Å². The number of hydrogen-bond donors (Lipinski definition) is 2. The van der Waals surface area contributed by atoms with Crippen molar-refractivity contribution in [1.29, 1.82) is 0 Å². The van der Waals surface area contributed by atoms with E-state index in [9.17, 15) is 19.8 Å². The van der Waals surface area contributed by atoms with Crippen molar-refractivity contribution in [2.45, 2.75) is 56.0 Å². The summed E-state index contributed by atoms with van der Waals surface area (Å²) in [5.74, 6) is -0.319. The van der Waals surface area contributed by atoms with Crippen LogP contribution in [-0.2, 0) is 19.1 Å². The molecule has 0 saturated carbocycles. The van der Waals surface area contributed by atoms with E-state index in [4.69, 9.17) is 9.47 Å². The van der Waals surface area contributed by atoms with Crippen LogP contribution in [0.1, 0.15) is 13.3 Å². The number of rotatable bonds is 2. The Balaban J connectivity index is 1.61. The van der Waals surface area contributed by atoms with E-state index in [0.717, 1.165) is 6.42 Å². The van der Waals surface area contributed by atoms with Gasteiger partial charge in [0.15, 0.2) is 11.5 Å². The molecule has 0 spiro atoms. The molecule has 30 heavy (non-hydrogen) atoms. The first-order valence-electron chi connectivity index (χ1n) is 10.7. The minimum absolute atomic E-state index is 0.0325. The zero-order chi connectivity index (χ0) is 21.1. The summed E-state index contributed by atoms with van der Waals surface area (Å²) in [5.41, 5.74) is 1.04. The molecule has 4 fully saturated rings. The van der Waals surface area contributed by atoms with Crippen LogP contribution in [0, 0.1) is 5.92 Å². The molecule has 0 unspecified atom stereocenters. The highest BCUT2D eigenvalue weighted by Crippen LogP contribution is 2.54. The van der Waals surface area contributed by atoms with Gasteiger partial charge in [0.05, 0.1) is 32.4 Å². The summed E-state index contributed by atoms with van der Waals surface area (Å²) in [6.07, 6.45) is -0.184. The summed E-state index contributed by atoms with van der Waals surface area (Å²) in [6.45, 7) is 2.54. The number of Topliss-reactive ketones (excluding diaryl/α,β-unsaturated/α-hetero) is 2. The molecule has 0 radical (unpaired) electrons. The van der Waals surface area contributed by atoms with Gasteiger partial charge >= 0.3 is 0 Å². The van der Waals surface area contributed by atoms with E-state index in [1.165, 1.54) is 7.11 Å². The Morgan fingerprint density at radius 3 is 2.67 bits per heavy atom. The fourth-order valence-electron chi connectivity index (χ4n) is 7.26. The first-order chi connectivity index (χ1) is 14.4. The van der Waals surface area contributed by atoms with Crippen molar-refractivity contribution in [3.63, 3.8) is 0 Å². The second-order valence-corrected chi connectivity index (χ2v) is 9.26. The molecule has 1 aliphatic carbocycles. The molecule has 0 amide bonds. The fourth-order valence-corrected chi connectivity index (χ4v) is 7.26. The van der Waals surface area contributed by atoms with E-state index < -0.39 is 12.3 Å². The summed E-state index contributed by atoms with van der Waals surface area (Å²) in [4.78, 5) is 33.3. The number of aliphatic hydroxyl groups excluding tert-OH is 2. The number of aliphatic hydroxyl groups is 2. The molecule has 0 aromatic rings. The average molecular weight is 417 g/mol. The highest BCUT2D eigenvalue weighted by atomic mass is 16.5. The number of nitrogens with zero attached hydrogens (tertiary/aromatic N) is 3. The van der Waals surface area contributed by atoms with E-state index in [1.807, 2.05) is 11.9 Å². The van der Waals surface area contributed by atoms with Crippen molar-refractivity contribution >= 4 is 11.6 Å². The number of likely N-dealkylation sites (N-methyl/N-ethyl adjacent to an activating group) is 1. The van der Waals surface area contributed by atoms with Gasteiger partial charge in [-0.05, 0) is 20.4 Å². The third kappa shape index (κ3) is 1.99. The van der Waals surface area contributed by atoms with E-state index in [0.29, 0.717) is 24.3 Å². The highest BCUT2D eigenvalue weighted by Gasteiger charge is 2.68. The third-order valence-electron chi connectivity index (χ3n) is 8.33. The number of piperazine rings is 1. The average Bonchev–Trinajstić information content (AvgIpc) is 3.32. The molecule has 5 aliphatic heterocycles. The molecule has 0 aromatic heterocycles. The van der Waals surface area contributed by atoms with Crippen molar-refractivity contribution in [1.82, 2.24) is 14.7 Å². The number of carbonyl (C=O) groups excluding carboxylic acids is 2. The zero-order valence-corrected chi connectivity index (χ0v) is 17.3. The summed E-state index contributed by atoms with van der Waals surface area (Å²) in [6, 6.07) is -1.31. The number of carbonyl (C=O) groups is 2. The molecule has 9 nitrogen and oxygen atoms in total. The lowest BCUT2D eigenvalue weighted by Gasteiger charge is -2.61. The van der Waals surface area contributed by atoms with Gasteiger partial charge in [0.1, 0.15) is 12.5 Å². The quantitative estimate of drug-likeness (QED) is 0.518. The number of piperidine rings is 1. The summed E-state index contributed by atoms with van der Waals surface area (Å²) < 4.78 is 11.4. The Bertz CT molecular complexity index is 914. The maximum absolute atomic E-state index is 13.6. The maximum atomic E-state index is 13.6. The van der Waals surface area contributed by atoms with Gasteiger partial charge in [0.2, 0.25) is 5.78 Å². The number of ketones is 2. The molecule has 8 atom stereocenters. The smallest absolute Gasteiger partial charge is 0.226 e. The van der Waals surface area contributed by atoms with Crippen LogP contribution in [-0.4, -0.2) is 113 Å². The van der Waals surface area contributed by atoms with Gasteiger partial charge in [0.25, 0.3) is 0 Å². The van der Waals surface area contributed by atoms with E-state index in [2.05, 4.69) is 9.80 Å². The van der Waals surface area contributed by atoms with Crippen molar-refractivity contribution in [2.24, 2.45) is 5.92 Å². The normalized spacial score (nSPS) is 45.9. The van der Waals surface area contributed by atoms with Crippen LogP contribution >= 0.6 is 0 Å². The Kier molecular flexibility index (Phi) is 3.95. The van der Waals surface area contributed by atoms with Crippen LogP contribution in [0.5, 0.6) is 0 Å². The largest absolute Gasteiger partial charge is 0.492 e. The molecule has 6 rings (SSSR count). The number of fused-ring (bicyclic) bond motifs is 5. The Hall–Kier alpha value is -1.62. The van der Waals surface area contributed by atoms with E-state index in [-0.39, 0.29) is 65.8 Å². The Labute approximate surface area is 174 Å². The van der Waals surface area contributed by atoms with Crippen LogP contribution in [0.25, 0.3) is 0 Å². The third-order valence-corrected chi connectivity index (χ3v) is 8.33. The van der Waals surface area contributed by atoms with E-state index >= 15 is 0 Å². The number of methoxy groups -OCH3 is 1. The molecular formula is C21H27N3O6. The predicted molar refractivity (Wildman–Crippen MR) is 103 cm³/mol. The van der Waals surface area contributed by atoms with Gasteiger partial charge in [-0.2, -0.15) is 0 Å². The van der Waals surface area contributed by atoms with Gasteiger partial charge in [-0.3, -0.25) is 24.3 Å². The fraction of sp³-hybridized carbons (Fsp3) is 0.714. The minimum Gasteiger partial charge on any atom is -0.492 e. The molecule has 2 N–H and O–H groups in total. The molecule has 4 saturated heterocycles. The standard InChI is InChI=1S/C21H27N3O6/c1-8-17(26)13-12(18(27)19(8)29-3)11(7-25)24-16-14-9(6-10(20(24)28)22(14)2)21-23(15(13)16)4-5-30-21/h9-11,14-16,20-21,25,28H,4-7H2,1-3H3/t9-,10-,11-,14+,15+,16+,20-,21+/m1/s1. The number of ether oxygens (including phenoxy) is 2. The van der Waals surface area contributed by atoms with Crippen molar-refractivity contribution in [3.05, 3.63) is 22.5 Å². The van der Waals surface area contributed by atoms with Crippen molar-refractivity contribution < 1.29 is 29.3 Å². The predicted octanol–water partition coefficient (Wildman–Crippen LogP) is -1.54. The zero-order valence-electron chi connectivity index (χ0n) is 17.3. The first-order valence-corrected chi connectivity index (χ1v) is 10.7. The lowest BCUT2D eigenvalue weighted by atomic mass is 9.69. The van der Waals surface area contributed by atoms with Gasteiger partial charge in [-0.25, -0.2) is 0 Å². The maximum Gasteiger partial charge on any atom is 0.226 e. The molecule has 5 heterocycles. The number of hydrogen-bond acceptors (Lipinski definition) is 9. The van der Waals surface area contributed by atoms with Crippen LogP contribution in [0.3, 0.4) is 0 Å². The summed E-state index contributed by atoms with van der Waals surface area (Å²) in [7, 11) is 3.41. The van der Waals surface area contributed by atoms with E-state index in [1.54, 1.807) is 6.92 Å². The second-order valence-electron chi connectivity index (χ2n) is 9.26. The summed E-state index contributed by atoms with van der Waals surface area (Å²) in [5, 5.41) is 21.7. The van der Waals surface area contributed by atoms with Gasteiger partial charge < -0.3 is 19.7 Å². The Morgan fingerprint density at radius 2 is 1.97 bits per heavy atom. The van der Waals surface area contributed by atoms with Crippen LogP contribution < -0.4 is 0 Å². The lowest BCUT2D eigenvalue weighted by Crippen LogP contribution is -2.78. The Morgan fingerprint density at radius 1 is 1.20 bits per heavy atom. The van der Waals surface area contributed by atoms with Gasteiger partial charge in [-0.1, -0.05) is 0 Å². The first kappa shape index (κ1) is 19.1. The molecule has 6 aliphatic rings. The molecular weight excluding hydrogens is 390 g/mol.